The summed E-state index contributed by atoms with van der Waals surface area (Å²) in [6, 6.07) is 15.1. The van der Waals surface area contributed by atoms with Gasteiger partial charge >= 0.3 is 12.1 Å². The van der Waals surface area contributed by atoms with Crippen molar-refractivity contribution in [3.8, 4) is 11.3 Å². The average Bonchev–Trinajstić information content (AvgIpc) is 3.48. The van der Waals surface area contributed by atoms with Crippen molar-refractivity contribution in [2.75, 3.05) is 11.9 Å². The van der Waals surface area contributed by atoms with Gasteiger partial charge in [-0.15, -0.1) is 11.3 Å². The van der Waals surface area contributed by atoms with Gasteiger partial charge in [0.1, 0.15) is 12.6 Å². The van der Waals surface area contributed by atoms with Crippen LogP contribution in [0.1, 0.15) is 28.8 Å². The summed E-state index contributed by atoms with van der Waals surface area (Å²) >= 11 is 1.27. The first-order valence-electron chi connectivity index (χ1n) is 10.1. The first kappa shape index (κ1) is 21.5. The van der Waals surface area contributed by atoms with Crippen LogP contribution in [-0.4, -0.2) is 45.5 Å². The molecule has 0 spiro atoms. The molecule has 8 nitrogen and oxygen atoms in total. The number of nitrogens with zero attached hydrogens (tertiary/aromatic N) is 2. The Labute approximate surface area is 188 Å². The molecule has 1 aromatic heterocycles. The summed E-state index contributed by atoms with van der Waals surface area (Å²) in [5.74, 6) is -1.30. The third-order valence-electron chi connectivity index (χ3n) is 5.16. The lowest BCUT2D eigenvalue weighted by Crippen LogP contribution is -2.43. The van der Waals surface area contributed by atoms with Gasteiger partial charge in [0.05, 0.1) is 11.3 Å². The number of aromatic carboxylic acids is 1. The van der Waals surface area contributed by atoms with E-state index in [2.05, 4.69) is 10.3 Å². The Bertz CT molecular complexity index is 1110. The molecule has 0 saturated carbocycles. The van der Waals surface area contributed by atoms with Crippen molar-refractivity contribution in [3.63, 3.8) is 0 Å². The SMILES string of the molecule is O=C(O)c1ccc(-c2csc(NC(=O)[C@@H]3CCCN3C(=O)OCc3ccccc3)n2)cc1. The number of aromatic nitrogens is 1. The number of rotatable bonds is 6. The molecule has 4 rings (SSSR count). The number of hydrogen-bond acceptors (Lipinski definition) is 6. The zero-order chi connectivity index (χ0) is 22.5. The summed E-state index contributed by atoms with van der Waals surface area (Å²) in [5.41, 5.74) is 2.46. The van der Waals surface area contributed by atoms with E-state index in [-0.39, 0.29) is 18.1 Å². The van der Waals surface area contributed by atoms with Gasteiger partial charge in [0, 0.05) is 17.5 Å². The second kappa shape index (κ2) is 9.61. The monoisotopic (exact) mass is 451 g/mol. The van der Waals surface area contributed by atoms with E-state index in [1.807, 2.05) is 30.3 Å². The summed E-state index contributed by atoms with van der Waals surface area (Å²) < 4.78 is 5.38. The molecule has 164 valence electrons. The van der Waals surface area contributed by atoms with Crippen LogP contribution < -0.4 is 5.32 Å². The molecule has 3 aromatic rings. The van der Waals surface area contributed by atoms with Crippen molar-refractivity contribution in [1.82, 2.24) is 9.88 Å². The number of nitrogens with one attached hydrogen (secondary N) is 1. The van der Waals surface area contributed by atoms with Crippen molar-refractivity contribution in [3.05, 3.63) is 71.1 Å². The van der Waals surface area contributed by atoms with E-state index in [0.29, 0.717) is 23.8 Å². The number of carbonyl (C=O) groups is 3. The molecular weight excluding hydrogens is 430 g/mol. The number of anilines is 1. The van der Waals surface area contributed by atoms with Crippen molar-refractivity contribution in [1.29, 1.82) is 0 Å². The number of hydrogen-bond donors (Lipinski definition) is 2. The lowest BCUT2D eigenvalue weighted by atomic mass is 10.1. The van der Waals surface area contributed by atoms with E-state index >= 15 is 0 Å². The van der Waals surface area contributed by atoms with Crippen LogP contribution >= 0.6 is 11.3 Å². The molecule has 1 atom stereocenters. The molecule has 1 aliphatic rings. The van der Waals surface area contributed by atoms with Gasteiger partial charge in [-0.1, -0.05) is 42.5 Å². The molecule has 0 radical (unpaired) electrons. The zero-order valence-electron chi connectivity index (χ0n) is 17.1. The minimum atomic E-state index is -0.994. The van der Waals surface area contributed by atoms with E-state index < -0.39 is 18.1 Å². The molecule has 1 fully saturated rings. The molecular formula is C23H21N3O5S. The number of benzene rings is 2. The van der Waals surface area contributed by atoms with Crippen LogP contribution in [0.25, 0.3) is 11.3 Å². The fourth-order valence-electron chi connectivity index (χ4n) is 3.50. The van der Waals surface area contributed by atoms with Gasteiger partial charge in [-0.25, -0.2) is 14.6 Å². The third-order valence-corrected chi connectivity index (χ3v) is 5.91. The molecule has 0 unspecified atom stereocenters. The van der Waals surface area contributed by atoms with Crippen LogP contribution in [0.5, 0.6) is 0 Å². The topological polar surface area (TPSA) is 109 Å². The Kier molecular flexibility index (Phi) is 6.46. The van der Waals surface area contributed by atoms with Gasteiger partial charge in [-0.2, -0.15) is 0 Å². The molecule has 0 bridgehead atoms. The number of carboxylic acids is 1. The van der Waals surface area contributed by atoms with Gasteiger partial charge in [0.25, 0.3) is 0 Å². The molecule has 0 aliphatic carbocycles. The Balaban J connectivity index is 1.36. The molecule has 1 saturated heterocycles. The second-order valence-corrected chi connectivity index (χ2v) is 8.16. The van der Waals surface area contributed by atoms with Crippen LogP contribution in [-0.2, 0) is 16.1 Å². The van der Waals surface area contributed by atoms with Crippen LogP contribution in [0.3, 0.4) is 0 Å². The van der Waals surface area contributed by atoms with Crippen LogP contribution in [0.2, 0.25) is 0 Å². The lowest BCUT2D eigenvalue weighted by molar-refractivity contribution is -0.120. The van der Waals surface area contributed by atoms with Gasteiger partial charge < -0.3 is 15.2 Å². The Hall–Kier alpha value is -3.72. The highest BCUT2D eigenvalue weighted by molar-refractivity contribution is 7.14. The molecule has 32 heavy (non-hydrogen) atoms. The molecule has 1 aliphatic heterocycles. The molecule has 2 amide bonds. The van der Waals surface area contributed by atoms with Gasteiger partial charge in [-0.3, -0.25) is 9.69 Å². The average molecular weight is 452 g/mol. The van der Waals surface area contributed by atoms with Crippen molar-refractivity contribution in [2.24, 2.45) is 0 Å². The smallest absolute Gasteiger partial charge is 0.410 e. The predicted octanol–water partition coefficient (Wildman–Crippen LogP) is 4.25. The van der Waals surface area contributed by atoms with Crippen LogP contribution in [0.15, 0.2) is 60.0 Å². The maximum Gasteiger partial charge on any atom is 0.410 e. The number of thiazole rings is 1. The normalized spacial score (nSPS) is 15.4. The Morgan fingerprint density at radius 2 is 1.88 bits per heavy atom. The van der Waals surface area contributed by atoms with E-state index in [4.69, 9.17) is 9.84 Å². The highest BCUT2D eigenvalue weighted by Gasteiger charge is 2.35. The maximum atomic E-state index is 12.8. The molecule has 2 heterocycles. The molecule has 2 N–H and O–H groups in total. The fraction of sp³-hybridized carbons (Fsp3) is 0.217. The maximum absolute atomic E-state index is 12.8. The minimum absolute atomic E-state index is 0.154. The zero-order valence-corrected chi connectivity index (χ0v) is 17.9. The first-order chi connectivity index (χ1) is 15.5. The summed E-state index contributed by atoms with van der Waals surface area (Å²) in [6.45, 7) is 0.617. The lowest BCUT2D eigenvalue weighted by Gasteiger charge is -2.22. The summed E-state index contributed by atoms with van der Waals surface area (Å²) in [5, 5.41) is 14.0. The second-order valence-electron chi connectivity index (χ2n) is 7.30. The van der Waals surface area contributed by atoms with Crippen LogP contribution in [0, 0.1) is 0 Å². The Morgan fingerprint density at radius 1 is 1.12 bits per heavy atom. The number of likely N-dealkylation sites (tertiary alicyclic amines) is 1. The summed E-state index contributed by atoms with van der Waals surface area (Å²) in [4.78, 5) is 42.2. The summed E-state index contributed by atoms with van der Waals surface area (Å²) in [7, 11) is 0. The standard InChI is InChI=1S/C23H21N3O5S/c27-20(19-7-4-12-26(19)23(30)31-13-15-5-2-1-3-6-15)25-22-24-18(14-32-22)16-8-10-17(11-9-16)21(28)29/h1-3,5-6,8-11,14,19H,4,7,12-13H2,(H,28,29)(H,24,25,27)/t19-/m0/s1. The van der Waals surface area contributed by atoms with Crippen molar-refractivity contribution in [2.45, 2.75) is 25.5 Å². The fourth-order valence-corrected chi connectivity index (χ4v) is 4.22. The van der Waals surface area contributed by atoms with E-state index in [1.165, 1.54) is 28.4 Å². The quantitative estimate of drug-likeness (QED) is 0.580. The van der Waals surface area contributed by atoms with Crippen molar-refractivity contribution >= 4 is 34.4 Å². The number of amides is 2. The predicted molar refractivity (Wildman–Crippen MR) is 119 cm³/mol. The molecule has 9 heteroatoms. The first-order valence-corrected chi connectivity index (χ1v) is 11.0. The van der Waals surface area contributed by atoms with E-state index in [9.17, 15) is 14.4 Å². The van der Waals surface area contributed by atoms with E-state index in [0.717, 1.165) is 17.5 Å². The molecule has 2 aromatic carbocycles. The van der Waals surface area contributed by atoms with E-state index in [1.54, 1.807) is 17.5 Å². The van der Waals surface area contributed by atoms with Gasteiger partial charge in [-0.05, 0) is 30.5 Å². The summed E-state index contributed by atoms with van der Waals surface area (Å²) in [6.07, 6.45) is 0.767. The number of carboxylic acid groups (broad SMARTS) is 1. The highest BCUT2D eigenvalue weighted by Crippen LogP contribution is 2.27. The highest BCUT2D eigenvalue weighted by atomic mass is 32.1. The van der Waals surface area contributed by atoms with Crippen molar-refractivity contribution < 1.29 is 24.2 Å². The Morgan fingerprint density at radius 3 is 2.59 bits per heavy atom. The number of carbonyl (C=O) groups excluding carboxylic acids is 2. The largest absolute Gasteiger partial charge is 0.478 e. The van der Waals surface area contributed by atoms with Crippen LogP contribution in [0.4, 0.5) is 9.93 Å². The number of ether oxygens (including phenoxy) is 1. The van der Waals surface area contributed by atoms with Gasteiger partial charge in [0.2, 0.25) is 5.91 Å². The third kappa shape index (κ3) is 4.94. The van der Waals surface area contributed by atoms with Gasteiger partial charge in [0.15, 0.2) is 5.13 Å². The minimum Gasteiger partial charge on any atom is -0.478 e.